The second-order valence-electron chi connectivity index (χ2n) is 4.39. The van der Waals surface area contributed by atoms with Crippen LogP contribution in [0, 0.1) is 0 Å². The number of rotatable bonds is 5. The van der Waals surface area contributed by atoms with Crippen LogP contribution in [0.5, 0.6) is 5.75 Å². The molecular weight excluding hydrogens is 258 g/mol. The summed E-state index contributed by atoms with van der Waals surface area (Å²) in [5.74, 6) is 0.862. The maximum absolute atomic E-state index is 6.04. The highest BCUT2D eigenvalue weighted by Gasteiger charge is 2.09. The largest absolute Gasteiger partial charge is 0.497 e. The number of halogens is 1. The Bertz CT molecular complexity index is 525. The van der Waals surface area contributed by atoms with E-state index in [4.69, 9.17) is 16.3 Å². The molecule has 2 nitrogen and oxygen atoms in total. The highest BCUT2D eigenvalue weighted by atomic mass is 35.5. The Morgan fingerprint density at radius 3 is 2.47 bits per heavy atom. The van der Waals surface area contributed by atoms with Crippen molar-refractivity contribution in [3.05, 3.63) is 59.1 Å². The Morgan fingerprint density at radius 2 is 1.89 bits per heavy atom. The molecule has 0 aliphatic carbocycles. The van der Waals surface area contributed by atoms with Crippen molar-refractivity contribution in [3.8, 4) is 5.75 Å². The zero-order valence-corrected chi connectivity index (χ0v) is 11.9. The fraction of sp³-hybridized carbons (Fsp3) is 0.250. The third kappa shape index (κ3) is 3.65. The molecule has 1 N–H and O–H groups in total. The molecule has 100 valence electrons. The number of anilines is 1. The molecule has 0 heterocycles. The standard InChI is InChI=1S/C16H18ClNO/c1-3-16(12-5-4-6-13(17)11-12)18-14-7-9-15(19-2)10-8-14/h4-11,16,18H,3H2,1-2H3. The van der Waals surface area contributed by atoms with Crippen molar-refractivity contribution in [1.29, 1.82) is 0 Å². The van der Waals surface area contributed by atoms with Crippen LogP contribution in [0.3, 0.4) is 0 Å². The van der Waals surface area contributed by atoms with Crippen molar-refractivity contribution < 1.29 is 4.74 Å². The third-order valence-electron chi connectivity index (χ3n) is 3.09. The molecule has 0 radical (unpaired) electrons. The number of hydrogen-bond acceptors (Lipinski definition) is 2. The minimum Gasteiger partial charge on any atom is -0.497 e. The molecule has 19 heavy (non-hydrogen) atoms. The summed E-state index contributed by atoms with van der Waals surface area (Å²) in [6, 6.07) is 16.2. The number of nitrogens with one attached hydrogen (secondary N) is 1. The fourth-order valence-corrected chi connectivity index (χ4v) is 2.23. The van der Waals surface area contributed by atoms with Gasteiger partial charge in [0, 0.05) is 10.7 Å². The number of hydrogen-bond donors (Lipinski definition) is 1. The molecule has 0 aromatic heterocycles. The second kappa shape index (κ2) is 6.48. The highest BCUT2D eigenvalue weighted by molar-refractivity contribution is 6.30. The van der Waals surface area contributed by atoms with E-state index in [0.717, 1.165) is 22.9 Å². The van der Waals surface area contributed by atoms with Crippen LogP contribution in [-0.2, 0) is 0 Å². The van der Waals surface area contributed by atoms with Crippen LogP contribution in [0.2, 0.25) is 5.02 Å². The van der Waals surface area contributed by atoms with Crippen LogP contribution < -0.4 is 10.1 Å². The van der Waals surface area contributed by atoms with Gasteiger partial charge in [0.15, 0.2) is 0 Å². The second-order valence-corrected chi connectivity index (χ2v) is 4.83. The van der Waals surface area contributed by atoms with Crippen LogP contribution in [0.1, 0.15) is 24.9 Å². The van der Waals surface area contributed by atoms with Gasteiger partial charge in [0.2, 0.25) is 0 Å². The Morgan fingerprint density at radius 1 is 1.16 bits per heavy atom. The van der Waals surface area contributed by atoms with Gasteiger partial charge in [-0.15, -0.1) is 0 Å². The summed E-state index contributed by atoms with van der Waals surface area (Å²) in [5.41, 5.74) is 2.28. The Labute approximate surface area is 119 Å². The van der Waals surface area contributed by atoms with E-state index in [1.807, 2.05) is 42.5 Å². The molecule has 0 aliphatic rings. The SMILES string of the molecule is CCC(Nc1ccc(OC)cc1)c1cccc(Cl)c1. The lowest BCUT2D eigenvalue weighted by molar-refractivity contribution is 0.415. The molecule has 1 atom stereocenters. The maximum atomic E-state index is 6.04. The van der Waals surface area contributed by atoms with Gasteiger partial charge >= 0.3 is 0 Å². The molecule has 0 saturated heterocycles. The van der Waals surface area contributed by atoms with Gasteiger partial charge in [-0.25, -0.2) is 0 Å². The Hall–Kier alpha value is -1.67. The fourth-order valence-electron chi connectivity index (χ4n) is 2.03. The minimum absolute atomic E-state index is 0.257. The smallest absolute Gasteiger partial charge is 0.119 e. The van der Waals surface area contributed by atoms with Gasteiger partial charge in [0.1, 0.15) is 5.75 Å². The summed E-state index contributed by atoms with van der Waals surface area (Å²) in [6.07, 6.45) is 0.992. The van der Waals surface area contributed by atoms with E-state index in [0.29, 0.717) is 0 Å². The molecule has 0 spiro atoms. The molecule has 0 saturated carbocycles. The van der Waals surface area contributed by atoms with Crippen molar-refractivity contribution in [3.63, 3.8) is 0 Å². The van der Waals surface area contributed by atoms with E-state index in [2.05, 4.69) is 18.3 Å². The quantitative estimate of drug-likeness (QED) is 0.837. The van der Waals surface area contributed by atoms with Crippen LogP contribution in [0.4, 0.5) is 5.69 Å². The topological polar surface area (TPSA) is 21.3 Å². The first-order valence-electron chi connectivity index (χ1n) is 6.39. The maximum Gasteiger partial charge on any atom is 0.119 e. The minimum atomic E-state index is 0.257. The van der Waals surface area contributed by atoms with Gasteiger partial charge in [0.05, 0.1) is 13.2 Å². The molecular formula is C16H18ClNO. The first-order chi connectivity index (χ1) is 9.22. The summed E-state index contributed by atoms with van der Waals surface area (Å²) < 4.78 is 5.16. The summed E-state index contributed by atoms with van der Waals surface area (Å²) >= 11 is 6.04. The summed E-state index contributed by atoms with van der Waals surface area (Å²) in [6.45, 7) is 2.15. The molecule has 2 aromatic rings. The molecule has 2 rings (SSSR count). The molecule has 3 heteroatoms. The van der Waals surface area contributed by atoms with Gasteiger partial charge in [-0.3, -0.25) is 0 Å². The Balaban J connectivity index is 2.14. The normalized spacial score (nSPS) is 11.9. The lowest BCUT2D eigenvalue weighted by atomic mass is 10.0. The van der Waals surface area contributed by atoms with Crippen LogP contribution in [-0.4, -0.2) is 7.11 Å². The number of ether oxygens (including phenoxy) is 1. The monoisotopic (exact) mass is 275 g/mol. The van der Waals surface area contributed by atoms with Gasteiger partial charge in [-0.05, 0) is 48.4 Å². The van der Waals surface area contributed by atoms with E-state index < -0.39 is 0 Å². The van der Waals surface area contributed by atoms with Crippen molar-refractivity contribution in [2.75, 3.05) is 12.4 Å². The van der Waals surface area contributed by atoms with Gasteiger partial charge in [-0.2, -0.15) is 0 Å². The summed E-state index contributed by atoms with van der Waals surface area (Å²) in [5, 5.41) is 4.28. The van der Waals surface area contributed by atoms with E-state index >= 15 is 0 Å². The molecule has 0 bridgehead atoms. The van der Waals surface area contributed by atoms with Crippen molar-refractivity contribution >= 4 is 17.3 Å². The van der Waals surface area contributed by atoms with Crippen molar-refractivity contribution in [1.82, 2.24) is 0 Å². The first kappa shape index (κ1) is 13.8. The van der Waals surface area contributed by atoms with Gasteiger partial charge in [0.25, 0.3) is 0 Å². The third-order valence-corrected chi connectivity index (χ3v) is 3.33. The Kier molecular flexibility index (Phi) is 4.69. The van der Waals surface area contributed by atoms with Crippen LogP contribution in [0.25, 0.3) is 0 Å². The molecule has 0 fully saturated rings. The molecule has 2 aromatic carbocycles. The lowest BCUT2D eigenvalue weighted by Crippen LogP contribution is -2.09. The van der Waals surface area contributed by atoms with Crippen molar-refractivity contribution in [2.45, 2.75) is 19.4 Å². The van der Waals surface area contributed by atoms with E-state index in [-0.39, 0.29) is 6.04 Å². The van der Waals surface area contributed by atoms with Gasteiger partial charge < -0.3 is 10.1 Å². The van der Waals surface area contributed by atoms with Crippen LogP contribution in [0.15, 0.2) is 48.5 Å². The molecule has 0 aliphatic heterocycles. The molecule has 0 amide bonds. The predicted molar refractivity (Wildman–Crippen MR) is 81.1 cm³/mol. The average Bonchev–Trinajstić information content (AvgIpc) is 2.45. The zero-order chi connectivity index (χ0) is 13.7. The zero-order valence-electron chi connectivity index (χ0n) is 11.2. The number of methoxy groups -OCH3 is 1. The predicted octanol–water partition coefficient (Wildman–Crippen LogP) is 4.91. The summed E-state index contributed by atoms with van der Waals surface area (Å²) in [4.78, 5) is 0. The van der Waals surface area contributed by atoms with Gasteiger partial charge in [-0.1, -0.05) is 30.7 Å². The average molecular weight is 276 g/mol. The van der Waals surface area contributed by atoms with Crippen LogP contribution >= 0.6 is 11.6 Å². The van der Waals surface area contributed by atoms with Crippen molar-refractivity contribution in [2.24, 2.45) is 0 Å². The molecule has 1 unspecified atom stereocenters. The first-order valence-corrected chi connectivity index (χ1v) is 6.76. The van der Waals surface area contributed by atoms with E-state index in [9.17, 15) is 0 Å². The summed E-state index contributed by atoms with van der Waals surface area (Å²) in [7, 11) is 1.67. The van der Waals surface area contributed by atoms with E-state index in [1.54, 1.807) is 7.11 Å². The highest BCUT2D eigenvalue weighted by Crippen LogP contribution is 2.25. The number of benzene rings is 2. The lowest BCUT2D eigenvalue weighted by Gasteiger charge is -2.19. The van der Waals surface area contributed by atoms with E-state index in [1.165, 1.54) is 5.56 Å².